The lowest BCUT2D eigenvalue weighted by Gasteiger charge is -2.28. The number of benzene rings is 5. The molecular formula is C101H89N13O13S11. The molecule has 22 rings (SSSR count). The van der Waals surface area contributed by atoms with E-state index < -0.39 is 11.8 Å². The second-order valence-electron chi connectivity index (χ2n) is 33.4. The molecule has 1 N–H and O–H groups in total. The van der Waals surface area contributed by atoms with Gasteiger partial charge in [0, 0.05) is 70.1 Å². The van der Waals surface area contributed by atoms with E-state index in [9.17, 15) is 53.1 Å². The van der Waals surface area contributed by atoms with Crippen LogP contribution in [-0.2, 0) is 41.3 Å². The number of aromatic nitrogens is 10. The maximum Gasteiger partial charge on any atom is 0.272 e. The van der Waals surface area contributed by atoms with Crippen molar-refractivity contribution in [2.45, 2.75) is 153 Å². The molecular weight excluding hydrogens is 1960 g/mol. The molecule has 5 aromatic carbocycles. The minimum atomic E-state index is -0.605. The maximum absolute atomic E-state index is 13.9. The van der Waals surface area contributed by atoms with Crippen molar-refractivity contribution in [1.29, 1.82) is 0 Å². The number of Topliss-reactive ketones (excluding diaryl/α,β-unsaturated/α-hetero) is 4. The third-order valence-corrected chi connectivity index (χ3v) is 33.4. The number of thioether (sulfide) groups is 5. The smallest absolute Gasteiger partial charge is 0.272 e. The third kappa shape index (κ3) is 22.9. The lowest BCUT2D eigenvalue weighted by Crippen LogP contribution is -2.36. The number of terminal acetylenes is 1. The van der Waals surface area contributed by atoms with Gasteiger partial charge in [-0.2, -0.15) is 10.2 Å². The standard InChI is InChI=1S/C33H31N5O5S3.C19H16N2O2S.C17H16N2O2S2.C17H14N2O2S2.C15H12N2O2S3/c1-5-12-42-19-43-17-21-14-22(33(4)35-36-33)8-9-23(21)30(40)37-11-10-24-27(16-37)46-29-28(24)31(41)38(15-20(2)3)32(34-29)45-18-25(39)26-7-6-13-44-26;22-17(13-6-2-1-3-7-13)12-24-19-20-16-9-5-4-8-15(16)18(23)21(19)14-10-11-14;2*20-14(11-4-2-1-3-5-11)10-23-17-18-15-13(8-9-22-15)16(21)19(17)12-6-7-12;18-11(12-2-1-6-20-12)8-22-15-16-10-5-7-21-13(10)14(19)17(15)9-3-4-9/h1,6-9,13-14H,2,10-12,15-19H2,3-4H3;1-9,14H,10-12H2;1-5,8-9,12,14,20H,6-7,10H2;1-5,8-9,12H,6-7,10H2;1-2,5-7,9H,3-4,8H2. The van der Waals surface area contributed by atoms with Crippen LogP contribution < -0.4 is 27.8 Å². The molecule has 0 radical (unpaired) electrons. The number of carbonyl (C=O) groups is 5. The van der Waals surface area contributed by atoms with Gasteiger partial charge in [0.05, 0.1) is 84.6 Å². The Balaban J connectivity index is 0.000000119. The fraction of sp³-hybridized carbons (Fsp3) is 0.277. The van der Waals surface area contributed by atoms with E-state index in [1.807, 2.05) is 209 Å². The summed E-state index contributed by atoms with van der Waals surface area (Å²) in [7, 11) is 0. The highest BCUT2D eigenvalue weighted by molar-refractivity contribution is 8.00. The Morgan fingerprint density at radius 3 is 1.54 bits per heavy atom. The first kappa shape index (κ1) is 96.9. The van der Waals surface area contributed by atoms with Crippen LogP contribution in [0, 0.1) is 12.3 Å². The molecule has 1 amide bonds. The Morgan fingerprint density at radius 1 is 0.514 bits per heavy atom. The zero-order chi connectivity index (χ0) is 95.7. The molecule has 702 valence electrons. The first-order chi connectivity index (χ1) is 67.1. The SMILES string of the molecule is C#CCOCOCc1cc(C2(C)N=N2)ccc1C(=O)N1CCc2c(sc3nc(SCC(=O)c4cccs4)n(CC(=C)C)c(=O)c23)C1.O=C(CSc1nc2ccccc2c(=O)n1C1CC1)c1ccccc1.O=C(CSc1nc2ccsc2c(=O)n1C1CC1)c1cccs1.O=C(CSc1nc2sccc2c(=O)n1C1CC1)c1ccccc1.O=c1c2ccsc2nc(SCC(O)c2ccccc2)n1C1CC1. The van der Waals surface area contributed by atoms with Crippen molar-refractivity contribution in [3.05, 3.63) is 320 Å². The van der Waals surface area contributed by atoms with Crippen molar-refractivity contribution in [2.24, 2.45) is 10.2 Å². The monoisotopic (exact) mass is 2040 g/mol. The van der Waals surface area contributed by atoms with Gasteiger partial charge in [0.15, 0.2) is 48.9 Å². The molecule has 4 fully saturated rings. The first-order valence-corrected chi connectivity index (χ1v) is 54.6. The first-order valence-electron chi connectivity index (χ1n) is 44.5. The van der Waals surface area contributed by atoms with Crippen LogP contribution in [0.4, 0.5) is 0 Å². The van der Waals surface area contributed by atoms with Gasteiger partial charge in [0.1, 0.15) is 32.6 Å². The highest BCUT2D eigenvalue weighted by Crippen LogP contribution is 2.44. The maximum atomic E-state index is 13.9. The molecule has 11 aromatic heterocycles. The fourth-order valence-corrected chi connectivity index (χ4v) is 25.3. The van der Waals surface area contributed by atoms with Crippen LogP contribution >= 0.6 is 127 Å². The summed E-state index contributed by atoms with van der Waals surface area (Å²) in [6.45, 7) is 9.16. The number of rotatable bonds is 33. The second kappa shape index (κ2) is 44.0. The van der Waals surface area contributed by atoms with E-state index in [4.69, 9.17) is 20.9 Å². The summed E-state index contributed by atoms with van der Waals surface area (Å²) in [4.78, 5) is 158. The Kier molecular flexibility index (Phi) is 30.9. The van der Waals surface area contributed by atoms with Crippen molar-refractivity contribution in [2.75, 3.05) is 48.7 Å². The zero-order valence-electron chi connectivity index (χ0n) is 74.6. The summed E-state index contributed by atoms with van der Waals surface area (Å²) >= 11 is 15.4. The number of hydrogen-bond donors (Lipinski definition) is 1. The van der Waals surface area contributed by atoms with Gasteiger partial charge < -0.3 is 19.5 Å². The van der Waals surface area contributed by atoms with Gasteiger partial charge in [-0.3, -0.25) is 70.8 Å². The molecule has 1 atom stereocenters. The summed E-state index contributed by atoms with van der Waals surface area (Å²) in [6, 6.07) is 54.9. The van der Waals surface area contributed by atoms with Gasteiger partial charge in [-0.15, -0.1) is 74.4 Å². The average Bonchev–Trinajstić information content (AvgIpc) is 1.43. The highest BCUT2D eigenvalue weighted by Gasteiger charge is 2.39. The van der Waals surface area contributed by atoms with Gasteiger partial charge >= 0.3 is 0 Å². The number of aliphatic hydroxyl groups is 1. The Morgan fingerprint density at radius 2 is 1.01 bits per heavy atom. The molecule has 16 aromatic rings. The Labute approximate surface area is 836 Å². The Hall–Kier alpha value is -11.3. The van der Waals surface area contributed by atoms with Crippen molar-refractivity contribution >= 4 is 208 Å². The lowest BCUT2D eigenvalue weighted by molar-refractivity contribution is -0.0505. The predicted molar refractivity (Wildman–Crippen MR) is 555 cm³/mol. The predicted octanol–water partition coefficient (Wildman–Crippen LogP) is 21.0. The minimum Gasteiger partial charge on any atom is -0.388 e. The quantitative estimate of drug-likeness (QED) is 0.00759. The molecule has 13 heterocycles. The number of thiophene rings is 6. The molecule has 138 heavy (non-hydrogen) atoms. The number of fused-ring (bicyclic) bond motifs is 7. The molecule has 6 aliphatic rings. The summed E-state index contributed by atoms with van der Waals surface area (Å²) < 4.78 is 20.4. The van der Waals surface area contributed by atoms with E-state index in [0.717, 1.165) is 104 Å². The molecule has 0 bridgehead atoms. The van der Waals surface area contributed by atoms with Crippen LogP contribution in [0.5, 0.6) is 0 Å². The molecule has 1 unspecified atom stereocenters. The Bertz CT molecular complexity index is 7670. The van der Waals surface area contributed by atoms with Gasteiger partial charge in [0.2, 0.25) is 5.66 Å². The van der Waals surface area contributed by atoms with Crippen molar-refractivity contribution in [1.82, 2.24) is 52.7 Å². The lowest BCUT2D eigenvalue weighted by atomic mass is 9.97. The number of hydrogen-bond acceptors (Lipinski definition) is 31. The minimum absolute atomic E-state index is 0.00130. The van der Waals surface area contributed by atoms with Gasteiger partial charge in [0.25, 0.3) is 33.7 Å². The number of ether oxygens (including phenoxy) is 2. The molecule has 2 aliphatic heterocycles. The summed E-state index contributed by atoms with van der Waals surface area (Å²) in [5, 5.41) is 33.8. The van der Waals surface area contributed by atoms with Crippen molar-refractivity contribution < 1.29 is 38.6 Å². The number of carbonyl (C=O) groups excluding carboxylic acids is 5. The number of para-hydroxylation sites is 1. The molecule has 0 saturated heterocycles. The number of aliphatic hydroxyl groups excluding tert-OH is 1. The molecule has 26 nitrogen and oxygen atoms in total. The van der Waals surface area contributed by atoms with E-state index in [1.165, 1.54) is 127 Å². The van der Waals surface area contributed by atoms with E-state index >= 15 is 0 Å². The molecule has 4 saturated carbocycles. The van der Waals surface area contributed by atoms with Crippen LogP contribution in [0.25, 0.3) is 51.8 Å². The van der Waals surface area contributed by atoms with E-state index in [1.54, 1.807) is 35.3 Å². The zero-order valence-corrected chi connectivity index (χ0v) is 83.6. The van der Waals surface area contributed by atoms with Crippen molar-refractivity contribution in [3.63, 3.8) is 0 Å². The number of ketones is 4. The van der Waals surface area contributed by atoms with Crippen LogP contribution in [0.2, 0.25) is 0 Å². The molecule has 0 spiro atoms. The highest BCUT2D eigenvalue weighted by atomic mass is 32.2. The van der Waals surface area contributed by atoms with Gasteiger partial charge in [-0.05, 0) is 170 Å². The van der Waals surface area contributed by atoms with Gasteiger partial charge in [-0.25, -0.2) is 24.9 Å². The summed E-state index contributed by atoms with van der Waals surface area (Å²) in [6.07, 6.45) is 13.3. The summed E-state index contributed by atoms with van der Waals surface area (Å²) in [5.41, 5.74) is 6.87. The fourth-order valence-electron chi connectivity index (χ4n) is 15.4. The normalized spacial score (nSPS) is 14.7. The van der Waals surface area contributed by atoms with E-state index in [2.05, 4.69) is 42.7 Å². The van der Waals surface area contributed by atoms with E-state index in [0.29, 0.717) is 128 Å². The van der Waals surface area contributed by atoms with Crippen LogP contribution in [-0.4, -0.2) is 136 Å². The molecule has 4 aliphatic carbocycles. The number of allylic oxidation sites excluding steroid dienone is 1. The topological polar surface area (TPSA) is 326 Å². The van der Waals surface area contributed by atoms with Crippen molar-refractivity contribution in [3.8, 4) is 12.3 Å². The van der Waals surface area contributed by atoms with Gasteiger partial charge in [-0.1, -0.05) is 198 Å². The van der Waals surface area contributed by atoms with Crippen LogP contribution in [0.15, 0.2) is 275 Å². The van der Waals surface area contributed by atoms with Crippen LogP contribution in [0.3, 0.4) is 0 Å². The average molecular weight is 2050 g/mol. The summed E-state index contributed by atoms with van der Waals surface area (Å²) in [5.74, 6) is 3.98. The largest absolute Gasteiger partial charge is 0.388 e. The second-order valence-corrected chi connectivity index (χ2v) is 43.9. The number of nitrogens with zero attached hydrogens (tertiary/aromatic N) is 13. The number of amides is 1. The van der Waals surface area contributed by atoms with E-state index in [-0.39, 0.29) is 113 Å². The van der Waals surface area contributed by atoms with Crippen LogP contribution in [0.1, 0.15) is 173 Å². The molecule has 37 heteroatoms. The third-order valence-electron chi connectivity index (χ3n) is 23.1.